The maximum absolute atomic E-state index is 13.7. The van der Waals surface area contributed by atoms with Crippen molar-refractivity contribution in [2.24, 2.45) is 11.3 Å². The van der Waals surface area contributed by atoms with Crippen LogP contribution in [0.25, 0.3) is 11.1 Å². The Morgan fingerprint density at radius 3 is 2.11 bits per heavy atom. The number of nitrogens with one attached hydrogen (secondary N) is 1. The van der Waals surface area contributed by atoms with Crippen molar-refractivity contribution < 1.29 is 14.3 Å². The summed E-state index contributed by atoms with van der Waals surface area (Å²) in [4.78, 5) is 27.6. The molecule has 0 aliphatic heterocycles. The molecule has 6 heteroatoms. The summed E-state index contributed by atoms with van der Waals surface area (Å²) in [5, 5.41) is 3.32. The Labute approximate surface area is 228 Å². The fraction of sp³-hybridized carbons (Fsp3) is 0.355. The van der Waals surface area contributed by atoms with Crippen LogP contribution in [0.2, 0.25) is 0 Å². The first-order chi connectivity index (χ1) is 17.9. The summed E-state index contributed by atoms with van der Waals surface area (Å²) >= 11 is 3.31. The van der Waals surface area contributed by atoms with E-state index in [9.17, 15) is 9.59 Å². The Hall–Kier alpha value is -2.70. The molecule has 2 fully saturated rings. The van der Waals surface area contributed by atoms with Gasteiger partial charge in [-0.25, -0.2) is 0 Å². The van der Waals surface area contributed by atoms with E-state index in [4.69, 9.17) is 4.74 Å². The van der Waals surface area contributed by atoms with E-state index in [0.717, 1.165) is 46.6 Å². The molecule has 0 aromatic heterocycles. The number of benzene rings is 3. The Morgan fingerprint density at radius 2 is 1.49 bits per heavy atom. The first-order valence-corrected chi connectivity index (χ1v) is 15.2. The lowest BCUT2D eigenvalue weighted by molar-refractivity contribution is -0.159. The van der Waals surface area contributed by atoms with Gasteiger partial charge in [0.2, 0.25) is 0 Å². The van der Waals surface area contributed by atoms with Gasteiger partial charge in [-0.2, -0.15) is 0 Å². The molecule has 192 valence electrons. The minimum atomic E-state index is -0.0990. The highest BCUT2D eigenvalue weighted by atomic mass is 32.2. The lowest BCUT2D eigenvalue weighted by Crippen LogP contribution is -2.57. The van der Waals surface area contributed by atoms with Gasteiger partial charge in [0.25, 0.3) is 5.91 Å². The summed E-state index contributed by atoms with van der Waals surface area (Å²) in [7, 11) is 1.46. The lowest BCUT2D eigenvalue weighted by Gasteiger charge is -2.56. The standard InChI is InChI=1S/C31H33NO3S2/c1-35-30(34)23-16-31(17-23)18-24(19-31)32-29(33)28-25(26(36-2)13-14-27(28)37-3)15-20-9-11-22(12-10-20)21-7-5-4-6-8-21/h4-14,23-24H,15-19H2,1-3H3,(H,32,33). The molecule has 0 unspecified atom stereocenters. The summed E-state index contributed by atoms with van der Waals surface area (Å²) in [6, 6.07) is 23.4. The number of hydrogen-bond acceptors (Lipinski definition) is 5. The van der Waals surface area contributed by atoms with Gasteiger partial charge in [-0.1, -0.05) is 54.6 Å². The maximum Gasteiger partial charge on any atom is 0.308 e. The van der Waals surface area contributed by atoms with E-state index in [1.54, 1.807) is 23.5 Å². The molecule has 0 radical (unpaired) electrons. The van der Waals surface area contributed by atoms with Crippen LogP contribution in [0.3, 0.4) is 0 Å². The van der Waals surface area contributed by atoms with Gasteiger partial charge in [0, 0.05) is 15.8 Å². The Bertz CT molecular complexity index is 1280. The quantitative estimate of drug-likeness (QED) is 0.254. The number of ether oxygens (including phenoxy) is 1. The highest BCUT2D eigenvalue weighted by molar-refractivity contribution is 7.99. The molecule has 5 rings (SSSR count). The number of rotatable bonds is 8. The van der Waals surface area contributed by atoms with Gasteiger partial charge >= 0.3 is 5.97 Å². The Kier molecular flexibility index (Phi) is 7.68. The number of esters is 1. The molecule has 0 atom stereocenters. The highest BCUT2D eigenvalue weighted by Gasteiger charge is 2.55. The second-order valence-electron chi connectivity index (χ2n) is 10.3. The topological polar surface area (TPSA) is 55.4 Å². The van der Waals surface area contributed by atoms with E-state index in [-0.39, 0.29) is 29.3 Å². The van der Waals surface area contributed by atoms with Gasteiger partial charge < -0.3 is 10.1 Å². The van der Waals surface area contributed by atoms with E-state index in [0.29, 0.717) is 6.42 Å². The molecule has 2 saturated carbocycles. The summed E-state index contributed by atoms with van der Waals surface area (Å²) in [5.41, 5.74) is 5.68. The minimum absolute atomic E-state index is 0.0137. The van der Waals surface area contributed by atoms with Crippen molar-refractivity contribution in [1.29, 1.82) is 0 Å². The second-order valence-corrected chi connectivity index (χ2v) is 12.0. The number of carbonyl (C=O) groups excluding carboxylic acids is 2. The normalized spacial score (nSPS) is 22.1. The van der Waals surface area contributed by atoms with Crippen LogP contribution in [-0.2, 0) is 16.0 Å². The largest absolute Gasteiger partial charge is 0.469 e. The van der Waals surface area contributed by atoms with Gasteiger partial charge in [-0.3, -0.25) is 9.59 Å². The molecule has 2 aliphatic rings. The number of carbonyl (C=O) groups is 2. The van der Waals surface area contributed by atoms with Crippen LogP contribution in [0.15, 0.2) is 76.5 Å². The third kappa shape index (κ3) is 5.32. The average Bonchev–Trinajstić information content (AvgIpc) is 2.89. The zero-order valence-electron chi connectivity index (χ0n) is 21.6. The van der Waals surface area contributed by atoms with Crippen molar-refractivity contribution >= 4 is 35.4 Å². The van der Waals surface area contributed by atoms with Gasteiger partial charge in [0.15, 0.2) is 0 Å². The highest BCUT2D eigenvalue weighted by Crippen LogP contribution is 2.59. The minimum Gasteiger partial charge on any atom is -0.469 e. The third-order valence-electron chi connectivity index (χ3n) is 7.93. The molecular formula is C31H33NO3S2. The number of hydrogen-bond donors (Lipinski definition) is 1. The lowest BCUT2D eigenvalue weighted by atomic mass is 9.50. The van der Waals surface area contributed by atoms with Crippen LogP contribution >= 0.6 is 23.5 Å². The summed E-state index contributed by atoms with van der Waals surface area (Å²) in [5.74, 6) is -0.0548. The SMILES string of the molecule is COC(=O)C1CC2(CC(NC(=O)c3c(SC)ccc(SC)c3Cc3ccc(-c4ccccc4)cc3)C2)C1. The number of methoxy groups -OCH3 is 1. The van der Waals surface area contributed by atoms with E-state index >= 15 is 0 Å². The van der Waals surface area contributed by atoms with Crippen LogP contribution in [0.5, 0.6) is 0 Å². The van der Waals surface area contributed by atoms with Gasteiger partial charge in [0.05, 0.1) is 18.6 Å². The first-order valence-electron chi connectivity index (χ1n) is 12.7. The predicted molar refractivity (Wildman–Crippen MR) is 152 cm³/mol. The monoisotopic (exact) mass is 531 g/mol. The third-order valence-corrected chi connectivity index (χ3v) is 9.53. The van der Waals surface area contributed by atoms with Crippen LogP contribution in [0, 0.1) is 11.3 Å². The summed E-state index contributed by atoms with van der Waals surface area (Å²) < 4.78 is 4.89. The van der Waals surface area contributed by atoms with Crippen molar-refractivity contribution in [2.45, 2.75) is 47.9 Å². The molecule has 1 amide bonds. The van der Waals surface area contributed by atoms with Crippen molar-refractivity contribution in [3.8, 4) is 11.1 Å². The van der Waals surface area contributed by atoms with Gasteiger partial charge in [0.1, 0.15) is 0 Å². The summed E-state index contributed by atoms with van der Waals surface area (Å²) in [6.07, 6.45) is 8.46. The molecule has 0 bridgehead atoms. The smallest absolute Gasteiger partial charge is 0.308 e. The molecule has 0 heterocycles. The molecule has 2 aliphatic carbocycles. The van der Waals surface area contributed by atoms with E-state index in [1.165, 1.54) is 23.8 Å². The van der Waals surface area contributed by atoms with Crippen molar-refractivity contribution in [3.63, 3.8) is 0 Å². The van der Waals surface area contributed by atoms with E-state index < -0.39 is 0 Å². The van der Waals surface area contributed by atoms with Crippen LogP contribution in [0.1, 0.15) is 47.2 Å². The van der Waals surface area contributed by atoms with Crippen LogP contribution < -0.4 is 5.32 Å². The van der Waals surface area contributed by atoms with Gasteiger partial charge in [-0.15, -0.1) is 23.5 Å². The first kappa shape index (κ1) is 25.9. The molecule has 1 spiro atoms. The predicted octanol–water partition coefficient (Wildman–Crippen LogP) is 6.85. The van der Waals surface area contributed by atoms with Gasteiger partial charge in [-0.05, 0) is 84.4 Å². The van der Waals surface area contributed by atoms with E-state index in [1.807, 2.05) is 12.3 Å². The Balaban J connectivity index is 1.32. The number of amides is 1. The van der Waals surface area contributed by atoms with Crippen LogP contribution in [-0.4, -0.2) is 37.5 Å². The van der Waals surface area contributed by atoms with Crippen LogP contribution in [0.4, 0.5) is 0 Å². The van der Waals surface area contributed by atoms with Crippen molar-refractivity contribution in [2.75, 3.05) is 19.6 Å². The van der Waals surface area contributed by atoms with E-state index in [2.05, 4.69) is 72.2 Å². The zero-order valence-corrected chi connectivity index (χ0v) is 23.2. The molecule has 37 heavy (non-hydrogen) atoms. The number of thioether (sulfide) groups is 2. The molecule has 0 saturated heterocycles. The second kappa shape index (κ2) is 11.0. The Morgan fingerprint density at radius 1 is 0.865 bits per heavy atom. The fourth-order valence-electron chi connectivity index (χ4n) is 6.04. The molecular weight excluding hydrogens is 498 g/mol. The molecule has 3 aromatic rings. The average molecular weight is 532 g/mol. The zero-order chi connectivity index (χ0) is 26.0. The van der Waals surface area contributed by atoms with Crippen molar-refractivity contribution in [1.82, 2.24) is 5.32 Å². The summed E-state index contributed by atoms with van der Waals surface area (Å²) in [6.45, 7) is 0. The van der Waals surface area contributed by atoms with Crippen molar-refractivity contribution in [3.05, 3.63) is 83.4 Å². The maximum atomic E-state index is 13.7. The molecule has 3 aromatic carbocycles. The fourth-order valence-corrected chi connectivity index (χ4v) is 7.29. The molecule has 1 N–H and O–H groups in total. The molecule has 4 nitrogen and oxygen atoms in total.